The van der Waals surface area contributed by atoms with Gasteiger partial charge < -0.3 is 10.0 Å². The van der Waals surface area contributed by atoms with Crippen LogP contribution in [-0.2, 0) is 0 Å². The average Bonchev–Trinajstić information content (AvgIpc) is 2.40. The zero-order valence-corrected chi connectivity index (χ0v) is 12.8. The van der Waals surface area contributed by atoms with Gasteiger partial charge in [0.25, 0.3) is 0 Å². The third-order valence-electron chi connectivity index (χ3n) is 3.85. The summed E-state index contributed by atoms with van der Waals surface area (Å²) in [6, 6.07) is 5.28. The molecule has 1 aliphatic heterocycles. The molecule has 1 heterocycles. The summed E-state index contributed by atoms with van der Waals surface area (Å²) in [7, 11) is 0. The van der Waals surface area contributed by atoms with Crippen LogP contribution in [0, 0.1) is 5.92 Å². The van der Waals surface area contributed by atoms with Gasteiger partial charge in [-0.2, -0.15) is 0 Å². The van der Waals surface area contributed by atoms with Crippen molar-refractivity contribution in [2.24, 2.45) is 5.92 Å². The number of hydrogen-bond acceptors (Lipinski definition) is 2. The van der Waals surface area contributed by atoms with Crippen molar-refractivity contribution in [2.45, 2.75) is 32.6 Å². The molecule has 0 atom stereocenters. The monoisotopic (exact) mass is 325 g/mol. The zero-order valence-electron chi connectivity index (χ0n) is 11.2. The maximum atomic E-state index is 10.9. The van der Waals surface area contributed by atoms with Gasteiger partial charge in [0.1, 0.15) is 0 Å². The molecule has 0 spiro atoms. The molecule has 0 bridgehead atoms. The van der Waals surface area contributed by atoms with E-state index in [-0.39, 0.29) is 0 Å². The number of carboxylic acids is 1. The van der Waals surface area contributed by atoms with E-state index in [1.54, 1.807) is 12.1 Å². The number of carbonyl (C=O) groups is 1. The van der Waals surface area contributed by atoms with Crippen LogP contribution >= 0.6 is 15.9 Å². The topological polar surface area (TPSA) is 40.5 Å². The summed E-state index contributed by atoms with van der Waals surface area (Å²) in [4.78, 5) is 13.3. The summed E-state index contributed by atoms with van der Waals surface area (Å²) >= 11 is 3.49. The molecule has 1 aliphatic rings. The Balaban J connectivity index is 2.05. The van der Waals surface area contributed by atoms with E-state index in [1.165, 1.54) is 25.7 Å². The first-order valence-corrected chi connectivity index (χ1v) is 7.69. The molecule has 1 aromatic rings. The van der Waals surface area contributed by atoms with Crippen molar-refractivity contribution in [3.05, 3.63) is 28.2 Å². The Labute approximate surface area is 122 Å². The molecule has 4 heteroatoms. The fourth-order valence-electron chi connectivity index (χ4n) is 2.77. The van der Waals surface area contributed by atoms with Crippen LogP contribution in [0.5, 0.6) is 0 Å². The van der Waals surface area contributed by atoms with Gasteiger partial charge in [0, 0.05) is 17.6 Å². The lowest BCUT2D eigenvalue weighted by Crippen LogP contribution is -2.33. The number of rotatable bonds is 4. The summed E-state index contributed by atoms with van der Waals surface area (Å²) in [6.07, 6.45) is 5.07. The predicted octanol–water partition coefficient (Wildman–Crippen LogP) is 4.16. The third kappa shape index (κ3) is 3.50. The van der Waals surface area contributed by atoms with Gasteiger partial charge in [0.15, 0.2) is 0 Å². The van der Waals surface area contributed by atoms with E-state index in [0.717, 1.165) is 29.2 Å². The highest BCUT2D eigenvalue weighted by Crippen LogP contribution is 2.31. The normalized spacial score (nSPS) is 16.6. The van der Waals surface area contributed by atoms with Crippen LogP contribution in [0.25, 0.3) is 0 Å². The van der Waals surface area contributed by atoms with Crippen LogP contribution in [-0.4, -0.2) is 24.2 Å². The Morgan fingerprint density at radius 3 is 2.63 bits per heavy atom. The SMILES string of the molecule is CCCC1CCN(c2ccc(C(=O)O)cc2Br)CC1. The van der Waals surface area contributed by atoms with Gasteiger partial charge in [0.2, 0.25) is 0 Å². The molecule has 0 saturated carbocycles. The molecule has 1 aromatic carbocycles. The molecule has 1 N–H and O–H groups in total. The molecule has 1 fully saturated rings. The van der Waals surface area contributed by atoms with Crippen LogP contribution in [0.2, 0.25) is 0 Å². The second kappa shape index (κ2) is 6.42. The summed E-state index contributed by atoms with van der Waals surface area (Å²) in [6.45, 7) is 4.37. The van der Waals surface area contributed by atoms with E-state index in [2.05, 4.69) is 27.8 Å². The summed E-state index contributed by atoms with van der Waals surface area (Å²) in [5.41, 5.74) is 1.44. The number of anilines is 1. The molecule has 0 amide bonds. The van der Waals surface area contributed by atoms with Crippen LogP contribution in [0.1, 0.15) is 43.0 Å². The Bertz CT molecular complexity index is 453. The number of aromatic carboxylic acids is 1. The first-order valence-electron chi connectivity index (χ1n) is 6.89. The van der Waals surface area contributed by atoms with Crippen molar-refractivity contribution < 1.29 is 9.90 Å². The van der Waals surface area contributed by atoms with Gasteiger partial charge in [0.05, 0.1) is 11.3 Å². The standard InChI is InChI=1S/C15H20BrNO2/c1-2-3-11-6-8-17(9-7-11)14-5-4-12(15(18)19)10-13(14)16/h4-5,10-11H,2-3,6-9H2,1H3,(H,18,19). The van der Waals surface area contributed by atoms with E-state index in [4.69, 9.17) is 5.11 Å². The zero-order chi connectivity index (χ0) is 13.8. The molecule has 0 aromatic heterocycles. The van der Waals surface area contributed by atoms with E-state index in [0.29, 0.717) is 5.56 Å². The molecule has 104 valence electrons. The number of benzene rings is 1. The average molecular weight is 326 g/mol. The largest absolute Gasteiger partial charge is 0.478 e. The van der Waals surface area contributed by atoms with Gasteiger partial charge in [-0.25, -0.2) is 4.79 Å². The van der Waals surface area contributed by atoms with E-state index >= 15 is 0 Å². The molecule has 0 aliphatic carbocycles. The van der Waals surface area contributed by atoms with E-state index in [9.17, 15) is 4.79 Å². The lowest BCUT2D eigenvalue weighted by atomic mass is 9.92. The molecule has 3 nitrogen and oxygen atoms in total. The van der Waals surface area contributed by atoms with Gasteiger partial charge in [-0.05, 0) is 52.9 Å². The number of piperidine rings is 1. The maximum Gasteiger partial charge on any atom is 0.335 e. The van der Waals surface area contributed by atoms with Crippen LogP contribution in [0.3, 0.4) is 0 Å². The van der Waals surface area contributed by atoms with Gasteiger partial charge in [-0.1, -0.05) is 19.8 Å². The van der Waals surface area contributed by atoms with Gasteiger partial charge >= 0.3 is 5.97 Å². The molecule has 0 unspecified atom stereocenters. The highest BCUT2D eigenvalue weighted by atomic mass is 79.9. The highest BCUT2D eigenvalue weighted by molar-refractivity contribution is 9.10. The smallest absolute Gasteiger partial charge is 0.335 e. The maximum absolute atomic E-state index is 10.9. The van der Waals surface area contributed by atoms with Crippen LogP contribution < -0.4 is 4.90 Å². The summed E-state index contributed by atoms with van der Waals surface area (Å²) in [5.74, 6) is -0.0211. The minimum absolute atomic E-state index is 0.330. The van der Waals surface area contributed by atoms with Crippen molar-refractivity contribution in [3.8, 4) is 0 Å². The Morgan fingerprint density at radius 1 is 1.42 bits per heavy atom. The Hall–Kier alpha value is -1.03. The molecule has 1 saturated heterocycles. The number of carboxylic acid groups (broad SMARTS) is 1. The molecular weight excluding hydrogens is 306 g/mol. The quantitative estimate of drug-likeness (QED) is 0.903. The first kappa shape index (κ1) is 14.4. The Kier molecular flexibility index (Phi) is 4.86. The van der Waals surface area contributed by atoms with E-state index < -0.39 is 5.97 Å². The molecule has 19 heavy (non-hydrogen) atoms. The fraction of sp³-hybridized carbons (Fsp3) is 0.533. The van der Waals surface area contributed by atoms with Gasteiger partial charge in [-0.3, -0.25) is 0 Å². The molecule has 0 radical (unpaired) electrons. The van der Waals surface area contributed by atoms with Crippen molar-refractivity contribution in [2.75, 3.05) is 18.0 Å². The van der Waals surface area contributed by atoms with Crippen molar-refractivity contribution in [3.63, 3.8) is 0 Å². The third-order valence-corrected chi connectivity index (χ3v) is 4.48. The number of hydrogen-bond donors (Lipinski definition) is 1. The molecule has 2 rings (SSSR count). The minimum Gasteiger partial charge on any atom is -0.478 e. The van der Waals surface area contributed by atoms with Crippen molar-refractivity contribution in [1.82, 2.24) is 0 Å². The highest BCUT2D eigenvalue weighted by Gasteiger charge is 2.20. The van der Waals surface area contributed by atoms with Gasteiger partial charge in [-0.15, -0.1) is 0 Å². The predicted molar refractivity (Wildman–Crippen MR) is 80.9 cm³/mol. The lowest BCUT2D eigenvalue weighted by Gasteiger charge is -2.34. The van der Waals surface area contributed by atoms with Crippen molar-refractivity contribution in [1.29, 1.82) is 0 Å². The number of nitrogens with zero attached hydrogens (tertiary/aromatic N) is 1. The Morgan fingerprint density at radius 2 is 2.11 bits per heavy atom. The second-order valence-electron chi connectivity index (χ2n) is 5.19. The lowest BCUT2D eigenvalue weighted by molar-refractivity contribution is 0.0697. The first-order chi connectivity index (χ1) is 9.11. The fourth-order valence-corrected chi connectivity index (χ4v) is 3.40. The van der Waals surface area contributed by atoms with E-state index in [1.807, 2.05) is 6.07 Å². The number of halogens is 1. The van der Waals surface area contributed by atoms with Crippen LogP contribution in [0.15, 0.2) is 22.7 Å². The second-order valence-corrected chi connectivity index (χ2v) is 6.04. The summed E-state index contributed by atoms with van der Waals surface area (Å²) in [5, 5.41) is 8.97. The van der Waals surface area contributed by atoms with Crippen LogP contribution in [0.4, 0.5) is 5.69 Å². The minimum atomic E-state index is -0.881. The van der Waals surface area contributed by atoms with Crippen molar-refractivity contribution >= 4 is 27.6 Å². The summed E-state index contributed by atoms with van der Waals surface area (Å²) < 4.78 is 0.876. The molecular formula is C15H20BrNO2.